The average Bonchev–Trinajstić information content (AvgIpc) is 3.54. The first-order valence-electron chi connectivity index (χ1n) is 17.3. The van der Waals surface area contributed by atoms with Crippen molar-refractivity contribution in [2.24, 2.45) is 0 Å². The topological polar surface area (TPSA) is 35.4 Å². The van der Waals surface area contributed by atoms with E-state index in [1.165, 1.54) is 16.3 Å². The summed E-state index contributed by atoms with van der Waals surface area (Å²) in [4.78, 5) is 0. The highest BCUT2D eigenvalue weighted by molar-refractivity contribution is 6.16. The molecular weight excluding hydrogens is 625 g/mol. The van der Waals surface area contributed by atoms with E-state index in [4.69, 9.17) is 9.47 Å². The number of hydrogen-bond donors (Lipinski definition) is 1. The summed E-state index contributed by atoms with van der Waals surface area (Å²) in [5, 5.41) is 5.92. The van der Waals surface area contributed by atoms with Gasteiger partial charge in [-0.3, -0.25) is 0 Å². The second-order valence-corrected chi connectivity index (χ2v) is 12.9. The van der Waals surface area contributed by atoms with Crippen molar-refractivity contribution in [1.82, 2.24) is 9.88 Å². The van der Waals surface area contributed by atoms with Crippen LogP contribution in [0.3, 0.4) is 0 Å². The molecule has 0 atom stereocenters. The maximum Gasteiger partial charge on any atom is 0.136 e. The van der Waals surface area contributed by atoms with Crippen LogP contribution >= 0.6 is 0 Å². The van der Waals surface area contributed by atoms with Crippen LogP contribution in [0.4, 0.5) is 0 Å². The quantitative estimate of drug-likeness (QED) is 0.206. The fraction of sp³-hybridized carbons (Fsp3) is 0.0213. The van der Waals surface area contributed by atoms with Gasteiger partial charge in [-0.1, -0.05) is 109 Å². The largest absolute Gasteiger partial charge is 0.456 e. The van der Waals surface area contributed by atoms with Crippen molar-refractivity contribution < 1.29 is 9.47 Å². The Hall–Kier alpha value is -6.78. The summed E-state index contributed by atoms with van der Waals surface area (Å²) in [7, 11) is 0. The summed E-state index contributed by atoms with van der Waals surface area (Å²) in [5.41, 5.74) is 11.7. The van der Waals surface area contributed by atoms with E-state index in [0.29, 0.717) is 0 Å². The summed E-state index contributed by atoms with van der Waals surface area (Å²) >= 11 is 0. The Morgan fingerprint density at radius 3 is 1.78 bits per heavy atom. The summed E-state index contributed by atoms with van der Waals surface area (Å²) in [6, 6.07) is 55.3. The number of nitrogens with one attached hydrogen (secondary N) is 1. The molecule has 0 unspecified atom stereocenters. The molecule has 51 heavy (non-hydrogen) atoms. The first-order chi connectivity index (χ1) is 25.3. The summed E-state index contributed by atoms with van der Waals surface area (Å²) in [6.45, 7) is 0.791. The normalized spacial score (nSPS) is 13.1. The Kier molecular flexibility index (Phi) is 6.85. The molecule has 3 heterocycles. The number of fused-ring (bicyclic) bond motifs is 9. The molecule has 1 aromatic heterocycles. The highest BCUT2D eigenvalue weighted by Crippen LogP contribution is 2.49. The minimum atomic E-state index is 0.763. The van der Waals surface area contributed by atoms with Gasteiger partial charge in [0.2, 0.25) is 0 Å². The molecule has 7 aromatic carbocycles. The van der Waals surface area contributed by atoms with Crippen LogP contribution < -0.4 is 14.8 Å². The van der Waals surface area contributed by atoms with Crippen molar-refractivity contribution in [2.75, 3.05) is 6.54 Å². The van der Waals surface area contributed by atoms with Gasteiger partial charge in [0.25, 0.3) is 0 Å². The standard InChI is InChI=1S/C47H32N2O2/c1-2-13-33(14-3-1)49-41-20-7-4-17-39(41)47-34(18-12-21-42(47)49)31-24-26-37-38-27-25-32(40-19-10-11-28-48-40)30-46(38)51-44-23-9-6-16-36(44)35-15-5-8-22-43(35)50-45(37)29-31/h1-27,29-30,48H,28H2. The number of aromatic nitrogens is 1. The van der Waals surface area contributed by atoms with Gasteiger partial charge in [-0.25, -0.2) is 0 Å². The number of hydrogen-bond acceptors (Lipinski definition) is 3. The molecule has 0 bridgehead atoms. The number of nitrogens with zero attached hydrogens (tertiary/aromatic N) is 1. The first kappa shape index (κ1) is 29.2. The summed E-state index contributed by atoms with van der Waals surface area (Å²) in [6.07, 6.45) is 6.31. The third kappa shape index (κ3) is 4.92. The van der Waals surface area contributed by atoms with Crippen LogP contribution in [-0.4, -0.2) is 11.1 Å². The van der Waals surface area contributed by atoms with E-state index in [1.807, 2.05) is 36.4 Å². The van der Waals surface area contributed by atoms with E-state index < -0.39 is 0 Å². The van der Waals surface area contributed by atoms with Crippen molar-refractivity contribution in [3.63, 3.8) is 0 Å². The van der Waals surface area contributed by atoms with E-state index in [1.54, 1.807) is 0 Å². The molecule has 242 valence electrons. The predicted molar refractivity (Wildman–Crippen MR) is 209 cm³/mol. The fourth-order valence-electron chi connectivity index (χ4n) is 7.56. The van der Waals surface area contributed by atoms with E-state index in [0.717, 1.165) is 85.4 Å². The second kappa shape index (κ2) is 12.0. The third-order valence-corrected chi connectivity index (χ3v) is 9.90. The molecule has 8 aromatic rings. The Morgan fingerprint density at radius 1 is 0.471 bits per heavy atom. The van der Waals surface area contributed by atoms with Gasteiger partial charge in [0.1, 0.15) is 23.0 Å². The van der Waals surface area contributed by atoms with Crippen LogP contribution in [0.15, 0.2) is 176 Å². The Bertz CT molecular complexity index is 2700. The second-order valence-electron chi connectivity index (χ2n) is 12.9. The number of para-hydroxylation sites is 4. The Balaban J connectivity index is 1.21. The molecule has 1 N–H and O–H groups in total. The van der Waals surface area contributed by atoms with Gasteiger partial charge < -0.3 is 19.4 Å². The van der Waals surface area contributed by atoms with E-state index in [9.17, 15) is 0 Å². The van der Waals surface area contributed by atoms with Gasteiger partial charge in [-0.2, -0.15) is 0 Å². The van der Waals surface area contributed by atoms with Crippen molar-refractivity contribution >= 4 is 27.5 Å². The molecule has 0 saturated carbocycles. The van der Waals surface area contributed by atoms with E-state index >= 15 is 0 Å². The van der Waals surface area contributed by atoms with Crippen molar-refractivity contribution in [2.45, 2.75) is 0 Å². The molecule has 0 saturated heterocycles. The molecule has 10 rings (SSSR count). The molecule has 4 nitrogen and oxygen atoms in total. The van der Waals surface area contributed by atoms with Crippen molar-refractivity contribution in [3.05, 3.63) is 182 Å². The van der Waals surface area contributed by atoms with Crippen LogP contribution in [-0.2, 0) is 0 Å². The number of rotatable bonds is 3. The highest BCUT2D eigenvalue weighted by Gasteiger charge is 2.23. The monoisotopic (exact) mass is 656 g/mol. The lowest BCUT2D eigenvalue weighted by Crippen LogP contribution is -2.14. The SMILES string of the molecule is C1=CCNC(c2ccc3c(c2)Oc2ccccc2-c2ccccc2Oc2cc(-c4cccc5c4c4ccccc4n5-c4ccccc4)ccc2-3)=C1. The maximum atomic E-state index is 7.02. The van der Waals surface area contributed by atoms with Crippen LogP contribution in [0, 0.1) is 0 Å². The average molecular weight is 657 g/mol. The Morgan fingerprint density at radius 2 is 1.06 bits per heavy atom. The minimum absolute atomic E-state index is 0.763. The number of dihydropyridines is 1. The molecular formula is C47H32N2O2. The predicted octanol–water partition coefficient (Wildman–Crippen LogP) is 12.2. The Labute approximate surface area is 296 Å². The lowest BCUT2D eigenvalue weighted by Gasteiger charge is -2.23. The zero-order valence-corrected chi connectivity index (χ0v) is 27.7. The summed E-state index contributed by atoms with van der Waals surface area (Å²) in [5.74, 6) is 3.08. The molecule has 0 fully saturated rings. The third-order valence-electron chi connectivity index (χ3n) is 9.90. The van der Waals surface area contributed by atoms with Crippen LogP contribution in [0.1, 0.15) is 5.56 Å². The number of ether oxygens (including phenoxy) is 2. The molecule has 4 heteroatoms. The molecule has 0 radical (unpaired) electrons. The zero-order chi connectivity index (χ0) is 33.7. The molecule has 2 aliphatic rings. The maximum absolute atomic E-state index is 7.02. The van der Waals surface area contributed by atoms with Gasteiger partial charge in [0.15, 0.2) is 0 Å². The zero-order valence-electron chi connectivity index (χ0n) is 27.7. The number of allylic oxidation sites excluding steroid dienone is 2. The van der Waals surface area contributed by atoms with Crippen molar-refractivity contribution in [1.29, 1.82) is 0 Å². The van der Waals surface area contributed by atoms with Gasteiger partial charge >= 0.3 is 0 Å². The molecule has 0 spiro atoms. The molecule has 2 aliphatic heterocycles. The van der Waals surface area contributed by atoms with Gasteiger partial charge in [-0.05, 0) is 77.9 Å². The molecule has 0 aliphatic carbocycles. The van der Waals surface area contributed by atoms with Gasteiger partial charge in [0, 0.05) is 56.5 Å². The van der Waals surface area contributed by atoms with Gasteiger partial charge in [0.05, 0.1) is 11.0 Å². The van der Waals surface area contributed by atoms with E-state index in [-0.39, 0.29) is 0 Å². The molecule has 0 amide bonds. The van der Waals surface area contributed by atoms with Gasteiger partial charge in [-0.15, -0.1) is 0 Å². The lowest BCUT2D eigenvalue weighted by molar-refractivity contribution is 0.472. The van der Waals surface area contributed by atoms with Crippen LogP contribution in [0.2, 0.25) is 0 Å². The number of benzene rings is 7. The van der Waals surface area contributed by atoms with Crippen LogP contribution in [0.5, 0.6) is 23.0 Å². The fourth-order valence-corrected chi connectivity index (χ4v) is 7.56. The van der Waals surface area contributed by atoms with E-state index in [2.05, 4.69) is 149 Å². The lowest BCUT2D eigenvalue weighted by atomic mass is 9.94. The minimum Gasteiger partial charge on any atom is -0.456 e. The summed E-state index contributed by atoms with van der Waals surface area (Å²) < 4.78 is 16.3. The van der Waals surface area contributed by atoms with Crippen molar-refractivity contribution in [3.8, 4) is 62.1 Å². The smallest absolute Gasteiger partial charge is 0.136 e. The first-order valence-corrected chi connectivity index (χ1v) is 17.3. The van der Waals surface area contributed by atoms with Crippen LogP contribution in [0.25, 0.3) is 66.6 Å². The highest BCUT2D eigenvalue weighted by atomic mass is 16.5.